The van der Waals surface area contributed by atoms with Crippen LogP contribution in [0.25, 0.3) is 0 Å². The molecule has 3 N–H and O–H groups in total. The number of nitrogens with one attached hydrogen (secondary N) is 1. The van der Waals surface area contributed by atoms with E-state index >= 15 is 0 Å². The smallest absolute Gasteiger partial charge is 0.119 e. The van der Waals surface area contributed by atoms with Crippen molar-refractivity contribution in [3.05, 3.63) is 29.3 Å². The van der Waals surface area contributed by atoms with Gasteiger partial charge >= 0.3 is 0 Å². The highest BCUT2D eigenvalue weighted by Gasteiger charge is 2.04. The first kappa shape index (κ1) is 15.2. The minimum Gasteiger partial charge on any atom is -0.491 e. The van der Waals surface area contributed by atoms with E-state index in [1.165, 1.54) is 0 Å². The van der Waals surface area contributed by atoms with Crippen LogP contribution in [0.15, 0.2) is 24.3 Å². The van der Waals surface area contributed by atoms with Crippen molar-refractivity contribution in [3.63, 3.8) is 0 Å². The average molecular weight is 274 g/mol. The number of benzene rings is 1. The van der Waals surface area contributed by atoms with Gasteiger partial charge in [0.25, 0.3) is 0 Å². The van der Waals surface area contributed by atoms with Gasteiger partial charge in [0, 0.05) is 18.2 Å². The fraction of sp³-hybridized carbons (Fsp3) is 0.538. The summed E-state index contributed by atoms with van der Waals surface area (Å²) in [6.07, 6.45) is 1.14. The molecule has 0 amide bonds. The second-order valence-electron chi connectivity index (χ2n) is 4.05. The average Bonchev–Trinajstić information content (AvgIpc) is 2.38. The van der Waals surface area contributed by atoms with E-state index in [1.807, 2.05) is 0 Å². The van der Waals surface area contributed by atoms with Gasteiger partial charge in [-0.2, -0.15) is 0 Å². The number of aliphatic hydroxyl groups is 2. The van der Waals surface area contributed by atoms with Gasteiger partial charge in [0.15, 0.2) is 0 Å². The Labute approximate surface area is 113 Å². The summed E-state index contributed by atoms with van der Waals surface area (Å²) in [7, 11) is 0. The molecular formula is C13H20ClNO3. The molecule has 0 heterocycles. The number of ether oxygens (including phenoxy) is 1. The highest BCUT2D eigenvalue weighted by atomic mass is 35.5. The Morgan fingerprint density at radius 3 is 2.61 bits per heavy atom. The standard InChI is InChI=1S/C13H20ClNO3/c14-11-3-5-13(6-4-11)18-10-12(17)9-15-7-1-2-8-16/h3-6,12,15-17H,1-2,7-10H2. The van der Waals surface area contributed by atoms with Crippen molar-refractivity contribution < 1.29 is 14.9 Å². The van der Waals surface area contributed by atoms with Gasteiger partial charge in [-0.05, 0) is 43.7 Å². The van der Waals surface area contributed by atoms with Gasteiger partial charge in [0.2, 0.25) is 0 Å². The summed E-state index contributed by atoms with van der Waals surface area (Å²) < 4.78 is 5.41. The number of hydrogen-bond donors (Lipinski definition) is 3. The Morgan fingerprint density at radius 1 is 1.22 bits per heavy atom. The lowest BCUT2D eigenvalue weighted by molar-refractivity contribution is 0.106. The molecular weight excluding hydrogens is 254 g/mol. The minimum atomic E-state index is -0.546. The quantitative estimate of drug-likeness (QED) is 0.596. The zero-order chi connectivity index (χ0) is 13.2. The third kappa shape index (κ3) is 6.81. The van der Waals surface area contributed by atoms with Gasteiger partial charge in [-0.1, -0.05) is 11.6 Å². The first-order valence-electron chi connectivity index (χ1n) is 6.10. The summed E-state index contributed by atoms with van der Waals surface area (Å²) in [4.78, 5) is 0. The molecule has 1 aromatic carbocycles. The van der Waals surface area contributed by atoms with E-state index in [4.69, 9.17) is 21.4 Å². The predicted octanol–water partition coefficient (Wildman–Crippen LogP) is 1.44. The molecule has 0 bridgehead atoms. The third-order valence-electron chi connectivity index (χ3n) is 2.40. The fourth-order valence-corrected chi connectivity index (χ4v) is 1.54. The van der Waals surface area contributed by atoms with Gasteiger partial charge in [0.05, 0.1) is 0 Å². The van der Waals surface area contributed by atoms with Crippen LogP contribution >= 0.6 is 11.6 Å². The summed E-state index contributed by atoms with van der Waals surface area (Å²) in [5.74, 6) is 0.693. The molecule has 1 unspecified atom stereocenters. The van der Waals surface area contributed by atoms with Crippen LogP contribution in [-0.4, -0.2) is 42.6 Å². The zero-order valence-corrected chi connectivity index (χ0v) is 11.1. The Balaban J connectivity index is 2.09. The van der Waals surface area contributed by atoms with Crippen LogP contribution in [0.1, 0.15) is 12.8 Å². The van der Waals surface area contributed by atoms with Gasteiger partial charge in [-0.15, -0.1) is 0 Å². The highest BCUT2D eigenvalue weighted by molar-refractivity contribution is 6.30. The van der Waals surface area contributed by atoms with Crippen LogP contribution in [-0.2, 0) is 0 Å². The van der Waals surface area contributed by atoms with E-state index in [-0.39, 0.29) is 13.2 Å². The molecule has 0 saturated heterocycles. The highest BCUT2D eigenvalue weighted by Crippen LogP contribution is 2.15. The van der Waals surface area contributed by atoms with Crippen LogP contribution in [0, 0.1) is 0 Å². The summed E-state index contributed by atoms with van der Waals surface area (Å²) in [6.45, 7) is 1.73. The molecule has 102 valence electrons. The van der Waals surface area contributed by atoms with Gasteiger partial charge in [-0.25, -0.2) is 0 Å². The van der Waals surface area contributed by atoms with Crippen molar-refractivity contribution in [2.24, 2.45) is 0 Å². The Bertz CT molecular complexity index is 319. The minimum absolute atomic E-state index is 0.212. The van der Waals surface area contributed by atoms with Crippen LogP contribution in [0.3, 0.4) is 0 Å². The maximum Gasteiger partial charge on any atom is 0.119 e. The molecule has 0 aliphatic heterocycles. The van der Waals surface area contributed by atoms with Gasteiger partial charge in [-0.3, -0.25) is 0 Å². The summed E-state index contributed by atoms with van der Waals surface area (Å²) in [5, 5.41) is 22.0. The van der Waals surface area contributed by atoms with Crippen LogP contribution in [0.2, 0.25) is 5.02 Å². The lowest BCUT2D eigenvalue weighted by Crippen LogP contribution is -2.32. The second-order valence-corrected chi connectivity index (χ2v) is 4.49. The van der Waals surface area contributed by atoms with E-state index in [1.54, 1.807) is 24.3 Å². The molecule has 1 aromatic rings. The lowest BCUT2D eigenvalue weighted by atomic mass is 10.3. The predicted molar refractivity (Wildman–Crippen MR) is 72.1 cm³/mol. The normalized spacial score (nSPS) is 12.4. The summed E-state index contributed by atoms with van der Waals surface area (Å²) in [6, 6.07) is 7.03. The molecule has 1 atom stereocenters. The molecule has 0 saturated carbocycles. The Hall–Kier alpha value is -0.810. The second kappa shape index (κ2) is 9.16. The first-order chi connectivity index (χ1) is 8.72. The molecule has 0 aromatic heterocycles. The molecule has 0 spiro atoms. The van der Waals surface area contributed by atoms with E-state index in [2.05, 4.69) is 5.32 Å². The van der Waals surface area contributed by atoms with Crippen LogP contribution in [0.5, 0.6) is 5.75 Å². The molecule has 0 radical (unpaired) electrons. The van der Waals surface area contributed by atoms with Crippen molar-refractivity contribution in [1.82, 2.24) is 5.32 Å². The molecule has 1 rings (SSSR count). The molecule has 18 heavy (non-hydrogen) atoms. The number of halogens is 1. The molecule has 4 nitrogen and oxygen atoms in total. The fourth-order valence-electron chi connectivity index (χ4n) is 1.41. The summed E-state index contributed by atoms with van der Waals surface area (Å²) >= 11 is 5.75. The van der Waals surface area contributed by atoms with Crippen molar-refractivity contribution in [1.29, 1.82) is 0 Å². The first-order valence-corrected chi connectivity index (χ1v) is 6.48. The number of rotatable bonds is 9. The molecule has 0 fully saturated rings. The van der Waals surface area contributed by atoms with Gasteiger partial charge < -0.3 is 20.3 Å². The van der Waals surface area contributed by atoms with E-state index in [9.17, 15) is 5.11 Å². The SMILES string of the molecule is OCCCCNCC(O)COc1ccc(Cl)cc1. The molecule has 0 aliphatic carbocycles. The number of unbranched alkanes of at least 4 members (excludes halogenated alkanes) is 1. The van der Waals surface area contributed by atoms with E-state index < -0.39 is 6.10 Å². The zero-order valence-electron chi connectivity index (χ0n) is 10.3. The van der Waals surface area contributed by atoms with Crippen LogP contribution < -0.4 is 10.1 Å². The third-order valence-corrected chi connectivity index (χ3v) is 2.65. The van der Waals surface area contributed by atoms with Crippen LogP contribution in [0.4, 0.5) is 0 Å². The van der Waals surface area contributed by atoms with E-state index in [0.29, 0.717) is 17.3 Å². The van der Waals surface area contributed by atoms with Crippen molar-refractivity contribution in [2.45, 2.75) is 18.9 Å². The molecule has 0 aliphatic rings. The maximum atomic E-state index is 9.66. The van der Waals surface area contributed by atoms with Crippen molar-refractivity contribution in [2.75, 3.05) is 26.3 Å². The monoisotopic (exact) mass is 273 g/mol. The topological polar surface area (TPSA) is 61.7 Å². The number of aliphatic hydroxyl groups excluding tert-OH is 2. The maximum absolute atomic E-state index is 9.66. The van der Waals surface area contributed by atoms with Crippen molar-refractivity contribution in [3.8, 4) is 5.75 Å². The Morgan fingerprint density at radius 2 is 1.94 bits per heavy atom. The van der Waals surface area contributed by atoms with E-state index in [0.717, 1.165) is 19.4 Å². The summed E-state index contributed by atoms with van der Waals surface area (Å²) in [5.41, 5.74) is 0. The largest absolute Gasteiger partial charge is 0.491 e. The Kier molecular flexibility index (Phi) is 7.76. The molecule has 5 heteroatoms. The van der Waals surface area contributed by atoms with Crippen molar-refractivity contribution >= 4 is 11.6 Å². The number of hydrogen-bond acceptors (Lipinski definition) is 4. The van der Waals surface area contributed by atoms with Gasteiger partial charge in [0.1, 0.15) is 18.5 Å². The lowest BCUT2D eigenvalue weighted by Gasteiger charge is -2.13.